The zero-order valence-electron chi connectivity index (χ0n) is 16.9. The standard InChI is InChI=1S/C19H15N9O5/c1-32-14-4-2-3-12(9-14)16-15(22-26-27(16)18-17(20)24-33-25-18)19(29)23-21-10-11-5-7-13(8-6-11)28(30)31/h2-10H,1H3,(H2,20,24)(H,23,29). The minimum atomic E-state index is -0.674. The molecule has 0 aliphatic rings. The molecule has 0 fully saturated rings. The van der Waals surface area contributed by atoms with Gasteiger partial charge in [-0.05, 0) is 40.1 Å². The number of carbonyl (C=O) groups is 1. The Bertz CT molecular complexity index is 1340. The summed E-state index contributed by atoms with van der Waals surface area (Å²) in [6.45, 7) is 0. The summed E-state index contributed by atoms with van der Waals surface area (Å²) < 4.78 is 11.1. The third-order valence-corrected chi connectivity index (χ3v) is 4.41. The number of nitrogens with zero attached hydrogens (tertiary/aromatic N) is 7. The maximum atomic E-state index is 12.8. The highest BCUT2D eigenvalue weighted by atomic mass is 16.6. The summed E-state index contributed by atoms with van der Waals surface area (Å²) in [5.74, 6) is -0.137. The molecule has 1 amide bonds. The molecule has 2 heterocycles. The maximum Gasteiger partial charge on any atom is 0.294 e. The molecule has 14 nitrogen and oxygen atoms in total. The molecule has 4 rings (SSSR count). The largest absolute Gasteiger partial charge is 0.497 e. The zero-order chi connectivity index (χ0) is 23.4. The topological polar surface area (TPSA) is 189 Å². The molecule has 0 radical (unpaired) electrons. The van der Waals surface area contributed by atoms with Gasteiger partial charge in [-0.1, -0.05) is 17.3 Å². The van der Waals surface area contributed by atoms with E-state index in [0.29, 0.717) is 16.9 Å². The Labute approximate surface area is 184 Å². The van der Waals surface area contributed by atoms with E-state index in [1.54, 1.807) is 24.3 Å². The number of nitro benzene ring substituents is 1. The molecule has 0 aliphatic heterocycles. The Balaban J connectivity index is 1.65. The highest BCUT2D eigenvalue weighted by Crippen LogP contribution is 2.28. The average Bonchev–Trinajstić information content (AvgIpc) is 3.45. The van der Waals surface area contributed by atoms with Gasteiger partial charge in [0, 0.05) is 17.7 Å². The number of rotatable bonds is 7. The van der Waals surface area contributed by atoms with Crippen LogP contribution in [-0.2, 0) is 0 Å². The quantitative estimate of drug-likeness (QED) is 0.238. The van der Waals surface area contributed by atoms with Crippen molar-refractivity contribution in [1.29, 1.82) is 0 Å². The smallest absolute Gasteiger partial charge is 0.294 e. The van der Waals surface area contributed by atoms with Gasteiger partial charge >= 0.3 is 0 Å². The van der Waals surface area contributed by atoms with Crippen molar-refractivity contribution in [1.82, 2.24) is 30.7 Å². The predicted octanol–water partition coefficient (Wildman–Crippen LogP) is 1.58. The summed E-state index contributed by atoms with van der Waals surface area (Å²) in [7, 11) is 1.51. The Morgan fingerprint density at radius 2 is 2.06 bits per heavy atom. The Morgan fingerprint density at radius 1 is 1.27 bits per heavy atom. The summed E-state index contributed by atoms with van der Waals surface area (Å²) in [6, 6.07) is 12.5. The van der Waals surface area contributed by atoms with Gasteiger partial charge < -0.3 is 10.5 Å². The summed E-state index contributed by atoms with van der Waals surface area (Å²) in [5.41, 5.74) is 9.33. The third-order valence-electron chi connectivity index (χ3n) is 4.41. The summed E-state index contributed by atoms with van der Waals surface area (Å²) in [4.78, 5) is 23.1. The maximum absolute atomic E-state index is 12.8. The number of nitrogens with two attached hydrogens (primary N) is 1. The highest BCUT2D eigenvalue weighted by Gasteiger charge is 2.25. The van der Waals surface area contributed by atoms with E-state index in [9.17, 15) is 14.9 Å². The normalized spacial score (nSPS) is 10.9. The molecule has 4 aromatic rings. The van der Waals surface area contributed by atoms with Crippen LogP contribution in [0.25, 0.3) is 17.1 Å². The third kappa shape index (κ3) is 4.34. The lowest BCUT2D eigenvalue weighted by atomic mass is 10.1. The van der Waals surface area contributed by atoms with Gasteiger partial charge in [0.25, 0.3) is 11.6 Å². The minimum Gasteiger partial charge on any atom is -0.497 e. The number of hydrogen-bond acceptors (Lipinski definition) is 11. The van der Waals surface area contributed by atoms with Crippen LogP contribution < -0.4 is 15.9 Å². The number of benzene rings is 2. The second kappa shape index (κ2) is 8.93. The number of nitro groups is 1. The van der Waals surface area contributed by atoms with E-state index < -0.39 is 10.8 Å². The number of nitrogens with one attached hydrogen (secondary N) is 1. The number of methoxy groups -OCH3 is 1. The molecule has 0 aliphatic carbocycles. The van der Waals surface area contributed by atoms with E-state index in [2.05, 4.69) is 35.8 Å². The van der Waals surface area contributed by atoms with E-state index in [-0.39, 0.29) is 28.7 Å². The van der Waals surface area contributed by atoms with Crippen LogP contribution in [0.4, 0.5) is 11.5 Å². The van der Waals surface area contributed by atoms with Crippen molar-refractivity contribution < 1.29 is 19.1 Å². The molecule has 0 saturated heterocycles. The van der Waals surface area contributed by atoms with Crippen LogP contribution in [-0.4, -0.2) is 49.5 Å². The van der Waals surface area contributed by atoms with Gasteiger partial charge in [-0.2, -0.15) is 9.78 Å². The lowest BCUT2D eigenvalue weighted by Gasteiger charge is -2.07. The van der Waals surface area contributed by atoms with Gasteiger partial charge in [0.1, 0.15) is 11.4 Å². The number of anilines is 1. The van der Waals surface area contributed by atoms with E-state index >= 15 is 0 Å². The van der Waals surface area contributed by atoms with Gasteiger partial charge in [-0.25, -0.2) is 10.1 Å². The number of amides is 1. The first-order chi connectivity index (χ1) is 16.0. The molecule has 0 atom stereocenters. The summed E-state index contributed by atoms with van der Waals surface area (Å²) >= 11 is 0. The lowest BCUT2D eigenvalue weighted by Crippen LogP contribution is -2.19. The first kappa shape index (κ1) is 21.1. The van der Waals surface area contributed by atoms with Crippen molar-refractivity contribution in [2.24, 2.45) is 5.10 Å². The first-order valence-corrected chi connectivity index (χ1v) is 9.24. The fraction of sp³-hybridized carbons (Fsp3) is 0.0526. The van der Waals surface area contributed by atoms with Crippen LogP contribution in [0.2, 0.25) is 0 Å². The summed E-state index contributed by atoms with van der Waals surface area (Å²) in [5, 5.41) is 29.8. The van der Waals surface area contributed by atoms with Gasteiger partial charge in [-0.15, -0.1) is 5.10 Å². The number of aromatic nitrogens is 5. The zero-order valence-corrected chi connectivity index (χ0v) is 16.9. The van der Waals surface area contributed by atoms with Gasteiger partial charge in [0.15, 0.2) is 5.69 Å². The number of hydrogen-bond donors (Lipinski definition) is 2. The fourth-order valence-electron chi connectivity index (χ4n) is 2.85. The molecule has 2 aromatic carbocycles. The van der Waals surface area contributed by atoms with Gasteiger partial charge in [-0.3, -0.25) is 14.9 Å². The second-order valence-electron chi connectivity index (χ2n) is 6.45. The number of hydrazone groups is 1. The molecule has 2 aromatic heterocycles. The van der Waals surface area contributed by atoms with Gasteiger partial charge in [0.05, 0.1) is 18.2 Å². The van der Waals surface area contributed by atoms with Crippen molar-refractivity contribution in [3.8, 4) is 22.8 Å². The number of non-ortho nitro benzene ring substituents is 1. The van der Waals surface area contributed by atoms with Gasteiger partial charge in [0.2, 0.25) is 11.6 Å². The van der Waals surface area contributed by atoms with Crippen LogP contribution in [0.3, 0.4) is 0 Å². The number of ether oxygens (including phenoxy) is 1. The van der Waals surface area contributed by atoms with Crippen molar-refractivity contribution in [2.75, 3.05) is 12.8 Å². The van der Waals surface area contributed by atoms with Crippen molar-refractivity contribution in [2.45, 2.75) is 0 Å². The number of nitrogen functional groups attached to an aromatic ring is 1. The van der Waals surface area contributed by atoms with Crippen molar-refractivity contribution >= 4 is 23.6 Å². The molecule has 166 valence electrons. The van der Waals surface area contributed by atoms with Crippen LogP contribution in [0, 0.1) is 10.1 Å². The number of carbonyl (C=O) groups excluding carboxylic acids is 1. The molecule has 0 bridgehead atoms. The Hall–Kier alpha value is -5.14. The lowest BCUT2D eigenvalue weighted by molar-refractivity contribution is -0.384. The minimum absolute atomic E-state index is 0.0489. The Morgan fingerprint density at radius 3 is 2.73 bits per heavy atom. The molecule has 14 heteroatoms. The second-order valence-corrected chi connectivity index (χ2v) is 6.45. The van der Waals surface area contributed by atoms with Crippen LogP contribution in [0.15, 0.2) is 58.3 Å². The monoisotopic (exact) mass is 449 g/mol. The molecule has 0 unspecified atom stereocenters. The molecular formula is C19H15N9O5. The first-order valence-electron chi connectivity index (χ1n) is 9.24. The van der Waals surface area contributed by atoms with E-state index in [1.807, 2.05) is 0 Å². The van der Waals surface area contributed by atoms with Crippen molar-refractivity contribution in [3.05, 3.63) is 69.9 Å². The Kier molecular flexibility index (Phi) is 5.71. The molecule has 0 saturated carbocycles. The molecular weight excluding hydrogens is 434 g/mol. The predicted molar refractivity (Wildman–Crippen MR) is 114 cm³/mol. The van der Waals surface area contributed by atoms with E-state index in [4.69, 9.17) is 10.5 Å². The summed E-state index contributed by atoms with van der Waals surface area (Å²) in [6.07, 6.45) is 1.33. The molecule has 0 spiro atoms. The molecule has 33 heavy (non-hydrogen) atoms. The fourth-order valence-corrected chi connectivity index (χ4v) is 2.85. The van der Waals surface area contributed by atoms with Crippen LogP contribution in [0.1, 0.15) is 16.1 Å². The van der Waals surface area contributed by atoms with E-state index in [1.165, 1.54) is 42.3 Å². The molecule has 3 N–H and O–H groups in total. The average molecular weight is 449 g/mol. The van der Waals surface area contributed by atoms with Crippen molar-refractivity contribution in [3.63, 3.8) is 0 Å². The van der Waals surface area contributed by atoms with Crippen LogP contribution >= 0.6 is 0 Å². The SMILES string of the molecule is COc1cccc(-c2c(C(=O)NN=Cc3ccc([N+](=O)[O-])cc3)nnn2-c2nonc2N)c1. The highest BCUT2D eigenvalue weighted by molar-refractivity contribution is 5.99. The van der Waals surface area contributed by atoms with Crippen LogP contribution in [0.5, 0.6) is 5.75 Å². The van der Waals surface area contributed by atoms with E-state index in [0.717, 1.165) is 0 Å².